The summed E-state index contributed by atoms with van der Waals surface area (Å²) in [6.45, 7) is 4.17. The van der Waals surface area contributed by atoms with Gasteiger partial charge in [-0.15, -0.1) is 0 Å². The van der Waals surface area contributed by atoms with E-state index in [1.165, 1.54) is 11.5 Å². The predicted octanol–water partition coefficient (Wildman–Crippen LogP) is 3.06. The van der Waals surface area contributed by atoms with Crippen molar-refractivity contribution in [2.75, 3.05) is 11.9 Å². The van der Waals surface area contributed by atoms with Crippen molar-refractivity contribution in [3.63, 3.8) is 0 Å². The Morgan fingerprint density at radius 3 is 2.42 bits per heavy atom. The van der Waals surface area contributed by atoms with Crippen molar-refractivity contribution in [3.8, 4) is 0 Å². The molecule has 4 nitrogen and oxygen atoms in total. The molecule has 0 fully saturated rings. The number of thiocarbonyl (C=S) groups is 1. The van der Waals surface area contributed by atoms with Crippen LogP contribution >= 0.6 is 23.8 Å². The number of aromatic nitrogens is 2. The number of benzene rings is 1. The highest BCUT2D eigenvalue weighted by atomic mass is 32.1. The van der Waals surface area contributed by atoms with Gasteiger partial charge in [0.2, 0.25) is 5.13 Å². The summed E-state index contributed by atoms with van der Waals surface area (Å²) in [5, 5.41) is 0.881. The summed E-state index contributed by atoms with van der Waals surface area (Å²) in [5.74, 6) is 1.22. The zero-order valence-electron chi connectivity index (χ0n) is 11.1. The lowest BCUT2D eigenvalue weighted by molar-refractivity contribution is 0.798. The topological polar surface area (TPSA) is 55.0 Å². The quantitative estimate of drug-likeness (QED) is 0.878. The molecule has 0 atom stereocenters. The van der Waals surface area contributed by atoms with Gasteiger partial charge < -0.3 is 10.6 Å². The fraction of sp³-hybridized carbons (Fsp3) is 0.308. The summed E-state index contributed by atoms with van der Waals surface area (Å²) >= 11 is 6.35. The average Bonchev–Trinajstić information content (AvgIpc) is 2.87. The van der Waals surface area contributed by atoms with Crippen LogP contribution in [0.15, 0.2) is 24.3 Å². The zero-order valence-corrected chi connectivity index (χ0v) is 12.8. The molecule has 0 amide bonds. The van der Waals surface area contributed by atoms with Gasteiger partial charge in [0.1, 0.15) is 10.8 Å². The SMILES string of the molecule is CC(C)c1nsc(N(C)c2ccc(C(N)=S)cc2)n1. The molecular weight excluding hydrogens is 276 g/mol. The van der Waals surface area contributed by atoms with Crippen molar-refractivity contribution in [1.29, 1.82) is 0 Å². The first-order chi connectivity index (χ1) is 8.99. The van der Waals surface area contributed by atoms with E-state index in [4.69, 9.17) is 18.0 Å². The maximum absolute atomic E-state index is 5.59. The average molecular weight is 292 g/mol. The first-order valence-corrected chi connectivity index (χ1v) is 7.14. The van der Waals surface area contributed by atoms with Crippen LogP contribution in [0, 0.1) is 0 Å². The third-order valence-corrected chi connectivity index (χ3v) is 3.82. The molecule has 0 aliphatic rings. The Labute approximate surface area is 122 Å². The number of hydrogen-bond donors (Lipinski definition) is 1. The number of anilines is 2. The molecule has 1 heterocycles. The number of nitrogens with zero attached hydrogens (tertiary/aromatic N) is 3. The van der Waals surface area contributed by atoms with E-state index < -0.39 is 0 Å². The van der Waals surface area contributed by atoms with E-state index in [9.17, 15) is 0 Å². The molecule has 1 aromatic heterocycles. The molecule has 0 aliphatic heterocycles. The summed E-state index contributed by atoms with van der Waals surface area (Å²) in [5.41, 5.74) is 7.49. The van der Waals surface area contributed by atoms with Gasteiger partial charge in [-0.25, -0.2) is 4.98 Å². The van der Waals surface area contributed by atoms with Crippen LogP contribution in [0.5, 0.6) is 0 Å². The van der Waals surface area contributed by atoms with Gasteiger partial charge in [-0.1, -0.05) is 26.1 Å². The molecule has 100 valence electrons. The lowest BCUT2D eigenvalue weighted by atomic mass is 10.2. The zero-order chi connectivity index (χ0) is 14.0. The lowest BCUT2D eigenvalue weighted by Crippen LogP contribution is -2.11. The van der Waals surface area contributed by atoms with Gasteiger partial charge in [0.15, 0.2) is 0 Å². The predicted molar refractivity (Wildman–Crippen MR) is 84.4 cm³/mol. The fourth-order valence-electron chi connectivity index (χ4n) is 1.56. The summed E-state index contributed by atoms with van der Waals surface area (Å²) < 4.78 is 4.36. The van der Waals surface area contributed by atoms with Gasteiger partial charge in [-0.2, -0.15) is 4.37 Å². The Bertz CT molecular complexity index is 575. The molecule has 2 aromatic rings. The highest BCUT2D eigenvalue weighted by molar-refractivity contribution is 7.80. The van der Waals surface area contributed by atoms with Gasteiger partial charge in [-0.05, 0) is 24.3 Å². The van der Waals surface area contributed by atoms with Gasteiger partial charge >= 0.3 is 0 Å². The highest BCUT2D eigenvalue weighted by Gasteiger charge is 2.12. The van der Waals surface area contributed by atoms with Crippen LogP contribution in [0.3, 0.4) is 0 Å². The molecule has 0 unspecified atom stereocenters. The van der Waals surface area contributed by atoms with Crippen molar-refractivity contribution in [2.24, 2.45) is 5.73 Å². The molecule has 2 rings (SSSR count). The summed E-state index contributed by atoms with van der Waals surface area (Å²) in [7, 11) is 1.97. The number of nitrogens with two attached hydrogens (primary N) is 1. The van der Waals surface area contributed by atoms with Crippen molar-refractivity contribution in [2.45, 2.75) is 19.8 Å². The Hall–Kier alpha value is -1.53. The second-order valence-corrected chi connectivity index (χ2v) is 5.73. The van der Waals surface area contributed by atoms with Crippen LogP contribution < -0.4 is 10.6 Å². The third kappa shape index (κ3) is 3.08. The molecule has 0 aliphatic carbocycles. The third-order valence-electron chi connectivity index (χ3n) is 2.77. The molecule has 0 saturated carbocycles. The van der Waals surface area contributed by atoms with Crippen LogP contribution in [-0.4, -0.2) is 21.4 Å². The van der Waals surface area contributed by atoms with E-state index >= 15 is 0 Å². The minimum Gasteiger partial charge on any atom is -0.389 e. The van der Waals surface area contributed by atoms with Crippen LogP contribution in [0.25, 0.3) is 0 Å². The van der Waals surface area contributed by atoms with E-state index in [-0.39, 0.29) is 0 Å². The Kier molecular flexibility index (Phi) is 4.11. The summed E-state index contributed by atoms with van der Waals surface area (Å²) in [6, 6.07) is 7.78. The molecule has 6 heteroatoms. The van der Waals surface area contributed by atoms with Gasteiger partial charge in [0.05, 0.1) is 0 Å². The van der Waals surface area contributed by atoms with Crippen LogP contribution in [0.4, 0.5) is 10.8 Å². The molecule has 0 radical (unpaired) electrons. The molecule has 1 aromatic carbocycles. The molecule has 0 spiro atoms. The first-order valence-electron chi connectivity index (χ1n) is 5.96. The number of hydrogen-bond acceptors (Lipinski definition) is 5. The Morgan fingerprint density at radius 1 is 1.32 bits per heavy atom. The normalized spacial score (nSPS) is 10.7. The second-order valence-electron chi connectivity index (χ2n) is 4.56. The highest BCUT2D eigenvalue weighted by Crippen LogP contribution is 2.27. The lowest BCUT2D eigenvalue weighted by Gasteiger charge is -2.15. The monoisotopic (exact) mass is 292 g/mol. The van der Waals surface area contributed by atoms with Crippen LogP contribution in [0.2, 0.25) is 0 Å². The van der Waals surface area contributed by atoms with Crippen molar-refractivity contribution < 1.29 is 0 Å². The molecule has 19 heavy (non-hydrogen) atoms. The maximum Gasteiger partial charge on any atom is 0.209 e. The van der Waals surface area contributed by atoms with E-state index in [2.05, 4.69) is 23.2 Å². The summed E-state index contributed by atoms with van der Waals surface area (Å²) in [4.78, 5) is 6.94. The second kappa shape index (κ2) is 5.63. The maximum atomic E-state index is 5.59. The Balaban J connectivity index is 2.22. The number of rotatable bonds is 4. The van der Waals surface area contributed by atoms with Gasteiger partial charge in [0.25, 0.3) is 0 Å². The van der Waals surface area contributed by atoms with E-state index in [0.717, 1.165) is 22.2 Å². The van der Waals surface area contributed by atoms with Gasteiger partial charge in [0, 0.05) is 35.7 Å². The largest absolute Gasteiger partial charge is 0.389 e. The van der Waals surface area contributed by atoms with Crippen LogP contribution in [0.1, 0.15) is 31.2 Å². The van der Waals surface area contributed by atoms with Gasteiger partial charge in [-0.3, -0.25) is 0 Å². The van der Waals surface area contributed by atoms with E-state index in [1.54, 1.807) is 0 Å². The molecular formula is C13H16N4S2. The van der Waals surface area contributed by atoms with Crippen LogP contribution in [-0.2, 0) is 0 Å². The molecule has 2 N–H and O–H groups in total. The Morgan fingerprint density at radius 2 is 1.95 bits per heavy atom. The van der Waals surface area contributed by atoms with E-state index in [1.807, 2.05) is 36.2 Å². The smallest absolute Gasteiger partial charge is 0.209 e. The summed E-state index contributed by atoms with van der Waals surface area (Å²) in [6.07, 6.45) is 0. The first kappa shape index (κ1) is 13.9. The molecule has 0 saturated heterocycles. The molecule has 0 bridgehead atoms. The minimum absolute atomic E-state index is 0.343. The van der Waals surface area contributed by atoms with Crippen molar-refractivity contribution in [1.82, 2.24) is 9.36 Å². The van der Waals surface area contributed by atoms with Crippen molar-refractivity contribution in [3.05, 3.63) is 35.7 Å². The fourth-order valence-corrected chi connectivity index (χ4v) is 2.48. The minimum atomic E-state index is 0.343. The van der Waals surface area contributed by atoms with Crippen molar-refractivity contribution >= 4 is 39.6 Å². The standard InChI is InChI=1S/C13H16N4S2/c1-8(2)12-15-13(19-16-12)17(3)10-6-4-9(5-7-10)11(14)18/h4-8H,1-3H3,(H2,14,18). The van der Waals surface area contributed by atoms with E-state index in [0.29, 0.717) is 10.9 Å².